The molecule has 6 nitrogen and oxygen atoms in total. The van der Waals surface area contributed by atoms with Gasteiger partial charge in [0.1, 0.15) is 0 Å². The Hall–Kier alpha value is -2.45. The van der Waals surface area contributed by atoms with Gasteiger partial charge in [-0.15, -0.1) is 10.2 Å². The molecule has 122 valence electrons. The van der Waals surface area contributed by atoms with Gasteiger partial charge in [-0.3, -0.25) is 4.21 Å². The third-order valence-electron chi connectivity index (χ3n) is 3.31. The Morgan fingerprint density at radius 2 is 1.62 bits per heavy atom. The second-order valence-corrected chi connectivity index (χ2v) is 7.33. The molecule has 0 bridgehead atoms. The second-order valence-electron chi connectivity index (χ2n) is 4.89. The van der Waals surface area contributed by atoms with E-state index in [4.69, 9.17) is 5.11 Å². The Morgan fingerprint density at radius 1 is 1.04 bits per heavy atom. The topological polar surface area (TPSA) is 95.9 Å². The van der Waals surface area contributed by atoms with Crippen LogP contribution in [0, 0.1) is 0 Å². The smallest absolute Gasteiger partial charge is 0.359 e. The number of H-pyrrole nitrogens is 1. The third-order valence-corrected chi connectivity index (χ3v) is 5.23. The molecule has 0 fully saturated rings. The Kier molecular flexibility index (Phi) is 4.77. The lowest BCUT2D eigenvalue weighted by Gasteiger charge is -2.05. The molecule has 8 heteroatoms. The van der Waals surface area contributed by atoms with E-state index in [0.29, 0.717) is 5.03 Å². The number of hydrogen-bond acceptors (Lipinski definition) is 5. The van der Waals surface area contributed by atoms with Gasteiger partial charge in [-0.05, 0) is 35.4 Å². The van der Waals surface area contributed by atoms with E-state index in [1.54, 1.807) is 6.26 Å². The minimum absolute atomic E-state index is 0.0905. The van der Waals surface area contributed by atoms with E-state index in [1.165, 1.54) is 11.8 Å². The van der Waals surface area contributed by atoms with Crippen LogP contribution in [0.4, 0.5) is 0 Å². The quantitative estimate of drug-likeness (QED) is 0.727. The van der Waals surface area contributed by atoms with E-state index >= 15 is 0 Å². The standard InChI is InChI=1S/C16H13N3O3S2/c1-24(22)13-8-4-11(5-9-13)10-2-6-12(7-3-10)23-15-14(16(20)21)17-19-18-15/h2-9H,1H3,(H,20,21)(H,17,18,19). The van der Waals surface area contributed by atoms with E-state index in [-0.39, 0.29) is 5.69 Å². The van der Waals surface area contributed by atoms with Crippen LogP contribution in [0.15, 0.2) is 63.3 Å². The molecule has 0 saturated carbocycles. The molecule has 2 N–H and O–H groups in total. The molecule has 0 radical (unpaired) electrons. The molecular formula is C16H13N3O3S2. The third kappa shape index (κ3) is 3.55. The molecule has 0 saturated heterocycles. The largest absolute Gasteiger partial charge is 0.476 e. The van der Waals surface area contributed by atoms with Crippen molar-refractivity contribution in [3.8, 4) is 11.1 Å². The first-order valence-corrected chi connectivity index (χ1v) is 9.28. The van der Waals surface area contributed by atoms with Gasteiger partial charge in [-0.1, -0.05) is 36.0 Å². The lowest BCUT2D eigenvalue weighted by molar-refractivity contribution is 0.0686. The van der Waals surface area contributed by atoms with Crippen LogP contribution >= 0.6 is 11.8 Å². The van der Waals surface area contributed by atoms with Crippen LogP contribution in [0.5, 0.6) is 0 Å². The maximum atomic E-state index is 11.4. The van der Waals surface area contributed by atoms with Crippen LogP contribution in [0.2, 0.25) is 0 Å². The molecule has 24 heavy (non-hydrogen) atoms. The number of aromatic carboxylic acids is 1. The van der Waals surface area contributed by atoms with E-state index in [2.05, 4.69) is 15.4 Å². The van der Waals surface area contributed by atoms with Crippen molar-refractivity contribution in [3.63, 3.8) is 0 Å². The number of hydrogen-bond donors (Lipinski definition) is 2. The summed E-state index contributed by atoms with van der Waals surface area (Å²) in [6.07, 6.45) is 1.65. The van der Waals surface area contributed by atoms with E-state index < -0.39 is 16.8 Å². The molecule has 0 amide bonds. The van der Waals surface area contributed by atoms with Crippen molar-refractivity contribution >= 4 is 28.5 Å². The zero-order valence-electron chi connectivity index (χ0n) is 12.6. The predicted octanol–water partition coefficient (Wildman–Crippen LogP) is 3.06. The Morgan fingerprint density at radius 3 is 2.17 bits per heavy atom. The molecule has 2 aromatic carbocycles. The average Bonchev–Trinajstić information content (AvgIpc) is 3.04. The van der Waals surface area contributed by atoms with E-state index in [0.717, 1.165) is 20.9 Å². The van der Waals surface area contributed by atoms with Crippen LogP contribution in [0.25, 0.3) is 11.1 Å². The number of carbonyl (C=O) groups is 1. The molecule has 0 aliphatic carbocycles. The fourth-order valence-electron chi connectivity index (χ4n) is 2.10. The van der Waals surface area contributed by atoms with Crippen LogP contribution in [0.3, 0.4) is 0 Å². The van der Waals surface area contributed by atoms with Crippen molar-refractivity contribution in [2.75, 3.05) is 6.26 Å². The minimum atomic E-state index is -1.11. The predicted molar refractivity (Wildman–Crippen MR) is 91.7 cm³/mol. The normalized spacial score (nSPS) is 12.0. The number of carboxylic acid groups (broad SMARTS) is 1. The highest BCUT2D eigenvalue weighted by Gasteiger charge is 2.16. The average molecular weight is 359 g/mol. The summed E-state index contributed by atoms with van der Waals surface area (Å²) in [7, 11) is -0.989. The van der Waals surface area contributed by atoms with Gasteiger partial charge >= 0.3 is 5.97 Å². The van der Waals surface area contributed by atoms with Gasteiger partial charge in [0.2, 0.25) is 5.69 Å². The van der Waals surface area contributed by atoms with Gasteiger partial charge in [0.15, 0.2) is 5.03 Å². The molecule has 1 heterocycles. The lowest BCUT2D eigenvalue weighted by Crippen LogP contribution is -1.98. The first-order chi connectivity index (χ1) is 11.5. The van der Waals surface area contributed by atoms with Gasteiger partial charge < -0.3 is 5.11 Å². The first kappa shape index (κ1) is 16.4. The summed E-state index contributed by atoms with van der Waals surface area (Å²) in [4.78, 5) is 12.7. The summed E-state index contributed by atoms with van der Waals surface area (Å²) in [5.74, 6) is -1.11. The first-order valence-electron chi connectivity index (χ1n) is 6.90. The molecule has 3 aromatic rings. The zero-order valence-corrected chi connectivity index (χ0v) is 14.2. The Labute approximate surface area is 144 Å². The number of aromatic amines is 1. The second kappa shape index (κ2) is 6.98. The summed E-state index contributed by atoms with van der Waals surface area (Å²) in [6.45, 7) is 0. The maximum absolute atomic E-state index is 11.4. The van der Waals surface area contributed by atoms with Gasteiger partial charge in [0, 0.05) is 26.8 Å². The van der Waals surface area contributed by atoms with E-state index in [9.17, 15) is 9.00 Å². The van der Waals surface area contributed by atoms with Crippen LogP contribution < -0.4 is 0 Å². The fraction of sp³-hybridized carbons (Fsp3) is 0.0625. The van der Waals surface area contributed by atoms with Crippen molar-refractivity contribution < 1.29 is 14.1 Å². The van der Waals surface area contributed by atoms with Crippen molar-refractivity contribution in [1.29, 1.82) is 0 Å². The van der Waals surface area contributed by atoms with E-state index in [1.807, 2.05) is 48.5 Å². The molecule has 0 aliphatic heterocycles. The number of nitrogens with zero attached hydrogens (tertiary/aromatic N) is 2. The molecule has 1 atom stereocenters. The molecule has 1 unspecified atom stereocenters. The lowest BCUT2D eigenvalue weighted by atomic mass is 10.1. The molecular weight excluding hydrogens is 346 g/mol. The Balaban J connectivity index is 1.79. The van der Waals surface area contributed by atoms with Crippen LogP contribution in [-0.2, 0) is 10.8 Å². The highest BCUT2D eigenvalue weighted by Crippen LogP contribution is 2.30. The maximum Gasteiger partial charge on any atom is 0.359 e. The number of carboxylic acids is 1. The fourth-order valence-corrected chi connectivity index (χ4v) is 3.43. The van der Waals surface area contributed by atoms with Crippen molar-refractivity contribution in [2.45, 2.75) is 14.8 Å². The number of aromatic nitrogens is 3. The van der Waals surface area contributed by atoms with Gasteiger partial charge in [0.25, 0.3) is 0 Å². The summed E-state index contributed by atoms with van der Waals surface area (Å²) in [5.41, 5.74) is 1.95. The summed E-state index contributed by atoms with van der Waals surface area (Å²) >= 11 is 1.23. The van der Waals surface area contributed by atoms with Crippen LogP contribution in [0.1, 0.15) is 10.5 Å². The van der Waals surface area contributed by atoms with Crippen LogP contribution in [-0.4, -0.2) is 37.0 Å². The van der Waals surface area contributed by atoms with Crippen molar-refractivity contribution in [3.05, 3.63) is 54.2 Å². The molecule has 0 spiro atoms. The monoisotopic (exact) mass is 359 g/mol. The van der Waals surface area contributed by atoms with Gasteiger partial charge in [0.05, 0.1) is 0 Å². The number of rotatable bonds is 5. The SMILES string of the molecule is CS(=O)c1ccc(-c2ccc(Sc3n[nH]nc3C(=O)O)cc2)cc1. The van der Waals surface area contributed by atoms with Gasteiger partial charge in [-0.25, -0.2) is 4.79 Å². The highest BCUT2D eigenvalue weighted by atomic mass is 32.2. The van der Waals surface area contributed by atoms with Crippen molar-refractivity contribution in [1.82, 2.24) is 15.4 Å². The molecule has 3 rings (SSSR count). The number of benzene rings is 2. The number of nitrogens with one attached hydrogen (secondary N) is 1. The highest BCUT2D eigenvalue weighted by molar-refractivity contribution is 7.99. The summed E-state index contributed by atoms with van der Waals surface area (Å²) in [6, 6.07) is 15.2. The molecule has 1 aromatic heterocycles. The van der Waals surface area contributed by atoms with Gasteiger partial charge in [-0.2, -0.15) is 5.21 Å². The minimum Gasteiger partial charge on any atom is -0.476 e. The summed E-state index contributed by atoms with van der Waals surface area (Å²) < 4.78 is 11.4. The zero-order chi connectivity index (χ0) is 17.1. The Bertz CT molecular complexity index is 890. The summed E-state index contributed by atoms with van der Waals surface area (Å²) in [5, 5.41) is 19.2. The molecule has 0 aliphatic rings. The van der Waals surface area contributed by atoms with Crippen molar-refractivity contribution in [2.24, 2.45) is 0 Å².